The average molecular weight is 326 g/mol. The Morgan fingerprint density at radius 3 is 2.75 bits per heavy atom. The molecule has 1 aromatic carbocycles. The SMILES string of the molecule is Cc1occc1C(=O)NNC(=O)Cn1cnc2ccccc2c1=O. The fourth-order valence-corrected chi connectivity index (χ4v) is 2.23. The summed E-state index contributed by atoms with van der Waals surface area (Å²) in [7, 11) is 0. The maximum atomic E-state index is 12.3. The van der Waals surface area contributed by atoms with E-state index in [4.69, 9.17) is 4.42 Å². The van der Waals surface area contributed by atoms with Crippen molar-refractivity contribution in [3.8, 4) is 0 Å². The molecule has 0 atom stereocenters. The van der Waals surface area contributed by atoms with Gasteiger partial charge in [0.15, 0.2) is 0 Å². The minimum atomic E-state index is -0.552. The van der Waals surface area contributed by atoms with Crippen LogP contribution in [0, 0.1) is 6.92 Å². The predicted octanol–water partition coefficient (Wildman–Crippen LogP) is 0.759. The number of fused-ring (bicyclic) bond motifs is 1. The molecule has 0 aliphatic rings. The van der Waals surface area contributed by atoms with Crippen molar-refractivity contribution in [1.29, 1.82) is 0 Å². The third kappa shape index (κ3) is 3.02. The molecule has 0 aliphatic carbocycles. The third-order valence-electron chi connectivity index (χ3n) is 3.46. The van der Waals surface area contributed by atoms with E-state index >= 15 is 0 Å². The first-order valence-corrected chi connectivity index (χ1v) is 7.13. The van der Waals surface area contributed by atoms with E-state index in [1.807, 2.05) is 0 Å². The van der Waals surface area contributed by atoms with Gasteiger partial charge in [0, 0.05) is 0 Å². The summed E-state index contributed by atoms with van der Waals surface area (Å²) in [5.41, 5.74) is 5.07. The summed E-state index contributed by atoms with van der Waals surface area (Å²) in [5, 5.41) is 0.422. The lowest BCUT2D eigenvalue weighted by Crippen LogP contribution is -2.44. The highest BCUT2D eigenvalue weighted by molar-refractivity contribution is 5.96. The van der Waals surface area contributed by atoms with Crippen LogP contribution in [0.1, 0.15) is 16.1 Å². The minimum Gasteiger partial charge on any atom is -0.469 e. The van der Waals surface area contributed by atoms with Gasteiger partial charge in [-0.1, -0.05) is 12.1 Å². The van der Waals surface area contributed by atoms with E-state index in [0.717, 1.165) is 0 Å². The lowest BCUT2D eigenvalue weighted by molar-refractivity contribution is -0.122. The van der Waals surface area contributed by atoms with Gasteiger partial charge in [-0.05, 0) is 25.1 Å². The molecule has 0 spiro atoms. The van der Waals surface area contributed by atoms with E-state index in [1.165, 1.54) is 23.2 Å². The molecule has 0 saturated carbocycles. The number of amides is 2. The Bertz CT molecular complexity index is 973. The summed E-state index contributed by atoms with van der Waals surface area (Å²) >= 11 is 0. The van der Waals surface area contributed by atoms with Crippen LogP contribution in [0.2, 0.25) is 0 Å². The number of carbonyl (C=O) groups excluding carboxylic acids is 2. The Labute approximate surface area is 136 Å². The molecule has 0 radical (unpaired) electrons. The maximum absolute atomic E-state index is 12.3. The van der Waals surface area contributed by atoms with E-state index in [1.54, 1.807) is 31.2 Å². The van der Waals surface area contributed by atoms with Crippen LogP contribution in [0.25, 0.3) is 10.9 Å². The molecule has 0 unspecified atom stereocenters. The second-order valence-corrected chi connectivity index (χ2v) is 5.09. The molecule has 24 heavy (non-hydrogen) atoms. The number of para-hydroxylation sites is 1. The molecule has 3 rings (SSSR count). The molecule has 0 fully saturated rings. The molecule has 0 saturated heterocycles. The lowest BCUT2D eigenvalue weighted by Gasteiger charge is -2.08. The van der Waals surface area contributed by atoms with Gasteiger partial charge in [-0.2, -0.15) is 0 Å². The van der Waals surface area contributed by atoms with E-state index in [0.29, 0.717) is 22.2 Å². The first-order chi connectivity index (χ1) is 11.6. The molecule has 3 aromatic rings. The lowest BCUT2D eigenvalue weighted by atomic mass is 10.2. The Balaban J connectivity index is 1.67. The standard InChI is InChI=1S/C16H14N4O4/c1-10-11(6-7-24-10)15(22)19-18-14(21)8-20-9-17-13-5-3-2-4-12(13)16(20)23/h2-7,9H,8H2,1H3,(H,18,21)(H,19,22). The van der Waals surface area contributed by atoms with Crippen LogP contribution in [-0.2, 0) is 11.3 Å². The summed E-state index contributed by atoms with van der Waals surface area (Å²) in [6.45, 7) is 1.37. The van der Waals surface area contributed by atoms with Crippen LogP contribution in [-0.4, -0.2) is 21.4 Å². The highest BCUT2D eigenvalue weighted by Crippen LogP contribution is 2.07. The van der Waals surface area contributed by atoms with Gasteiger partial charge in [0.1, 0.15) is 12.3 Å². The first kappa shape index (κ1) is 15.5. The minimum absolute atomic E-state index is 0.263. The molecule has 2 amide bonds. The number of hydrogen-bond donors (Lipinski definition) is 2. The normalized spacial score (nSPS) is 10.5. The van der Waals surface area contributed by atoms with Crippen LogP contribution >= 0.6 is 0 Å². The number of hydrazine groups is 1. The van der Waals surface area contributed by atoms with Crippen molar-refractivity contribution in [2.45, 2.75) is 13.5 Å². The fraction of sp³-hybridized carbons (Fsp3) is 0.125. The van der Waals surface area contributed by atoms with E-state index in [-0.39, 0.29) is 12.1 Å². The van der Waals surface area contributed by atoms with Crippen LogP contribution in [0.4, 0.5) is 0 Å². The monoisotopic (exact) mass is 326 g/mol. The van der Waals surface area contributed by atoms with Crippen LogP contribution in [0.5, 0.6) is 0 Å². The number of hydrogen-bond acceptors (Lipinski definition) is 5. The zero-order valence-corrected chi connectivity index (χ0v) is 12.8. The average Bonchev–Trinajstić information content (AvgIpc) is 3.01. The molecule has 0 aliphatic heterocycles. The molecular weight excluding hydrogens is 312 g/mol. The van der Waals surface area contributed by atoms with Crippen molar-refractivity contribution in [3.05, 3.63) is 64.6 Å². The van der Waals surface area contributed by atoms with Crippen molar-refractivity contribution >= 4 is 22.7 Å². The molecule has 2 aromatic heterocycles. The number of aromatic nitrogens is 2. The number of aryl methyl sites for hydroxylation is 1. The topological polar surface area (TPSA) is 106 Å². The van der Waals surface area contributed by atoms with Crippen LogP contribution in [0.15, 0.2) is 52.1 Å². The second-order valence-electron chi connectivity index (χ2n) is 5.09. The number of carbonyl (C=O) groups is 2. The summed E-state index contributed by atoms with van der Waals surface area (Å²) in [4.78, 5) is 40.2. The summed E-state index contributed by atoms with van der Waals surface area (Å²) in [6, 6.07) is 8.36. The molecule has 2 heterocycles. The number of furan rings is 1. The van der Waals surface area contributed by atoms with Crippen LogP contribution in [0.3, 0.4) is 0 Å². The highest BCUT2D eigenvalue weighted by Gasteiger charge is 2.13. The van der Waals surface area contributed by atoms with Crippen molar-refractivity contribution < 1.29 is 14.0 Å². The van der Waals surface area contributed by atoms with Gasteiger partial charge in [0.2, 0.25) is 0 Å². The van der Waals surface area contributed by atoms with E-state index < -0.39 is 11.8 Å². The van der Waals surface area contributed by atoms with E-state index in [9.17, 15) is 14.4 Å². The summed E-state index contributed by atoms with van der Waals surface area (Å²) < 4.78 is 6.19. The number of nitrogens with zero attached hydrogens (tertiary/aromatic N) is 2. The largest absolute Gasteiger partial charge is 0.469 e. The molecule has 2 N–H and O–H groups in total. The van der Waals surface area contributed by atoms with Gasteiger partial charge >= 0.3 is 0 Å². The molecule has 8 heteroatoms. The zero-order valence-electron chi connectivity index (χ0n) is 12.8. The van der Waals surface area contributed by atoms with Gasteiger partial charge in [0.25, 0.3) is 17.4 Å². The van der Waals surface area contributed by atoms with Gasteiger partial charge in [-0.3, -0.25) is 29.8 Å². The predicted molar refractivity (Wildman–Crippen MR) is 85.1 cm³/mol. The molecule has 8 nitrogen and oxygen atoms in total. The Kier molecular flexibility index (Phi) is 4.11. The molecule has 0 bridgehead atoms. The van der Waals surface area contributed by atoms with Gasteiger partial charge in [-0.15, -0.1) is 0 Å². The van der Waals surface area contributed by atoms with Crippen molar-refractivity contribution in [2.75, 3.05) is 0 Å². The van der Waals surface area contributed by atoms with Crippen LogP contribution < -0.4 is 16.4 Å². The van der Waals surface area contributed by atoms with Gasteiger partial charge in [0.05, 0.1) is 29.1 Å². The maximum Gasteiger partial charge on any atom is 0.273 e. The zero-order chi connectivity index (χ0) is 17.1. The Hall–Kier alpha value is -3.42. The highest BCUT2D eigenvalue weighted by atomic mass is 16.3. The quantitative estimate of drug-likeness (QED) is 0.691. The van der Waals surface area contributed by atoms with Crippen molar-refractivity contribution in [3.63, 3.8) is 0 Å². The third-order valence-corrected chi connectivity index (χ3v) is 3.46. The molecule has 122 valence electrons. The Morgan fingerprint density at radius 1 is 1.21 bits per heavy atom. The molecular formula is C16H14N4O4. The Morgan fingerprint density at radius 2 is 2.00 bits per heavy atom. The first-order valence-electron chi connectivity index (χ1n) is 7.13. The fourth-order valence-electron chi connectivity index (χ4n) is 2.23. The summed E-state index contributed by atoms with van der Waals surface area (Å²) in [6.07, 6.45) is 2.68. The number of benzene rings is 1. The van der Waals surface area contributed by atoms with Gasteiger partial charge < -0.3 is 4.42 Å². The van der Waals surface area contributed by atoms with E-state index in [2.05, 4.69) is 15.8 Å². The van der Waals surface area contributed by atoms with Crippen molar-refractivity contribution in [1.82, 2.24) is 20.4 Å². The number of nitrogens with one attached hydrogen (secondary N) is 2. The number of rotatable bonds is 3. The second kappa shape index (κ2) is 6.37. The van der Waals surface area contributed by atoms with Gasteiger partial charge in [-0.25, -0.2) is 4.98 Å². The smallest absolute Gasteiger partial charge is 0.273 e. The van der Waals surface area contributed by atoms with Crippen molar-refractivity contribution in [2.24, 2.45) is 0 Å². The summed E-state index contributed by atoms with van der Waals surface area (Å²) in [5.74, 6) is -0.612.